The van der Waals surface area contributed by atoms with Crippen molar-refractivity contribution in [1.29, 1.82) is 0 Å². The van der Waals surface area contributed by atoms with Gasteiger partial charge in [0.05, 0.1) is 0 Å². The molecule has 4 heteroatoms. The molecule has 1 aliphatic carbocycles. The Morgan fingerprint density at radius 1 is 0.944 bits per heavy atom. The van der Waals surface area contributed by atoms with Gasteiger partial charge in [0.25, 0.3) is 0 Å². The molecule has 0 N–H and O–H groups in total. The van der Waals surface area contributed by atoms with Crippen LogP contribution in [0.25, 0.3) is 0 Å². The van der Waals surface area contributed by atoms with Crippen molar-refractivity contribution in [2.75, 3.05) is 0 Å². The molecule has 0 saturated carbocycles. The molecule has 94 valence electrons. The Balaban J connectivity index is 0.00000120. The van der Waals surface area contributed by atoms with Crippen molar-refractivity contribution < 1.29 is 21.2 Å². The van der Waals surface area contributed by atoms with E-state index in [1.807, 2.05) is 6.07 Å². The molecule has 2 aromatic rings. The molecule has 0 nitrogen and oxygen atoms in total. The molecule has 0 saturated heterocycles. The van der Waals surface area contributed by atoms with E-state index in [1.165, 1.54) is 12.1 Å². The maximum atomic E-state index is 13.4. The van der Waals surface area contributed by atoms with Crippen LogP contribution >= 0.6 is 11.8 Å². The molecule has 0 unspecified atom stereocenters. The van der Waals surface area contributed by atoms with E-state index >= 15 is 0 Å². The first kappa shape index (κ1) is 13.4. The van der Waals surface area contributed by atoms with E-state index in [2.05, 4.69) is 0 Å². The highest BCUT2D eigenvalue weighted by Crippen LogP contribution is 2.40. The third-order valence-corrected chi connectivity index (χ3v) is 4.05. The number of thioether (sulfide) groups is 1. The van der Waals surface area contributed by atoms with E-state index < -0.39 is 0 Å². The number of hydrogen-bond donors (Lipinski definition) is 0. The Bertz CT molecular complexity index is 584. The SMILES string of the molecule is Fc1ccccc1CSc1ccc(F)c2c1C2.[Cl-]. The molecular formula is C14H10ClF2S-. The second-order valence-corrected chi connectivity index (χ2v) is 5.08. The molecule has 0 heterocycles. The quantitative estimate of drug-likeness (QED) is 0.650. The van der Waals surface area contributed by atoms with Crippen LogP contribution in [0.1, 0.15) is 16.7 Å². The number of fused-ring (bicyclic) bond motifs is 1. The summed E-state index contributed by atoms with van der Waals surface area (Å²) >= 11 is 1.57. The van der Waals surface area contributed by atoms with E-state index in [4.69, 9.17) is 0 Å². The van der Waals surface area contributed by atoms with E-state index in [0.717, 1.165) is 22.4 Å². The summed E-state index contributed by atoms with van der Waals surface area (Å²) in [6, 6.07) is 10.0. The Morgan fingerprint density at radius 3 is 2.50 bits per heavy atom. The van der Waals surface area contributed by atoms with Crippen molar-refractivity contribution in [3.63, 3.8) is 0 Å². The Hall–Kier alpha value is -1.06. The minimum absolute atomic E-state index is 0. The molecule has 0 atom stereocenters. The summed E-state index contributed by atoms with van der Waals surface area (Å²) in [6.45, 7) is 0. The highest BCUT2D eigenvalue weighted by Gasteiger charge is 2.25. The maximum Gasteiger partial charge on any atom is 0.127 e. The van der Waals surface area contributed by atoms with Gasteiger partial charge in [-0.05, 0) is 34.9 Å². The summed E-state index contributed by atoms with van der Waals surface area (Å²) in [4.78, 5) is 1.07. The predicted octanol–water partition coefficient (Wildman–Crippen LogP) is 1.17. The van der Waals surface area contributed by atoms with E-state index in [9.17, 15) is 8.78 Å². The van der Waals surface area contributed by atoms with Gasteiger partial charge in [-0.15, -0.1) is 11.8 Å². The number of hydrogen-bond acceptors (Lipinski definition) is 1. The molecule has 0 bridgehead atoms. The monoisotopic (exact) mass is 283 g/mol. The van der Waals surface area contributed by atoms with Crippen molar-refractivity contribution in [3.05, 3.63) is 64.7 Å². The predicted molar refractivity (Wildman–Crippen MR) is 65.2 cm³/mol. The summed E-state index contributed by atoms with van der Waals surface area (Å²) in [7, 11) is 0. The average Bonchev–Trinajstić information content (AvgIpc) is 3.11. The lowest BCUT2D eigenvalue weighted by Gasteiger charge is -2.03. The topological polar surface area (TPSA) is 0 Å². The second kappa shape index (κ2) is 5.29. The zero-order valence-corrected chi connectivity index (χ0v) is 11.0. The molecule has 1 aliphatic rings. The van der Waals surface area contributed by atoms with Crippen LogP contribution in [0.15, 0.2) is 41.3 Å². The van der Waals surface area contributed by atoms with Gasteiger partial charge in [-0.2, -0.15) is 0 Å². The summed E-state index contributed by atoms with van der Waals surface area (Å²) in [5, 5.41) is 0. The first-order chi connectivity index (χ1) is 8.25. The van der Waals surface area contributed by atoms with Gasteiger partial charge >= 0.3 is 0 Å². The Morgan fingerprint density at radius 2 is 1.72 bits per heavy atom. The summed E-state index contributed by atoms with van der Waals surface area (Å²) in [5.41, 5.74) is 2.60. The standard InChI is InChI=1S/C14H10F2S.ClH/c15-12-4-2-1-3-9(12)8-17-14-6-5-13(16)10-7-11(10)14;/h1-6H,7-8H2;1H/p-1. The summed E-state index contributed by atoms with van der Waals surface area (Å²) < 4.78 is 26.5. The van der Waals surface area contributed by atoms with Gasteiger partial charge in [-0.1, -0.05) is 18.2 Å². The van der Waals surface area contributed by atoms with Crippen LogP contribution in [0.5, 0.6) is 0 Å². The molecule has 0 fully saturated rings. The van der Waals surface area contributed by atoms with E-state index in [-0.39, 0.29) is 24.0 Å². The molecule has 0 spiro atoms. The lowest BCUT2D eigenvalue weighted by atomic mass is 10.2. The van der Waals surface area contributed by atoms with Crippen LogP contribution in [-0.2, 0) is 12.2 Å². The van der Waals surface area contributed by atoms with Gasteiger partial charge in [0.15, 0.2) is 0 Å². The molecule has 0 aromatic heterocycles. The van der Waals surface area contributed by atoms with Gasteiger partial charge in [-0.3, -0.25) is 0 Å². The first-order valence-corrected chi connectivity index (χ1v) is 6.41. The van der Waals surface area contributed by atoms with E-state index in [0.29, 0.717) is 11.3 Å². The van der Waals surface area contributed by atoms with Gasteiger partial charge in [0, 0.05) is 17.1 Å². The van der Waals surface area contributed by atoms with Crippen molar-refractivity contribution in [3.8, 4) is 0 Å². The molecule has 0 aliphatic heterocycles. The lowest BCUT2D eigenvalue weighted by molar-refractivity contribution is -0.00000449. The maximum absolute atomic E-state index is 13.4. The van der Waals surface area contributed by atoms with Gasteiger partial charge in [0.2, 0.25) is 0 Å². The fourth-order valence-corrected chi connectivity index (χ4v) is 2.93. The molecule has 0 amide bonds. The summed E-state index contributed by atoms with van der Waals surface area (Å²) in [6.07, 6.45) is 0.748. The van der Waals surface area contributed by atoms with Crippen molar-refractivity contribution in [1.82, 2.24) is 0 Å². The zero-order chi connectivity index (χ0) is 11.8. The minimum Gasteiger partial charge on any atom is -1.00 e. The molecular weight excluding hydrogens is 274 g/mol. The van der Waals surface area contributed by atoms with Crippen LogP contribution in [-0.4, -0.2) is 0 Å². The number of halogens is 3. The number of rotatable bonds is 3. The largest absolute Gasteiger partial charge is 1.00 e. The van der Waals surface area contributed by atoms with Gasteiger partial charge in [-0.25, -0.2) is 8.78 Å². The second-order valence-electron chi connectivity index (χ2n) is 4.06. The molecule has 3 rings (SSSR count). The third kappa shape index (κ3) is 2.52. The smallest absolute Gasteiger partial charge is 0.127 e. The van der Waals surface area contributed by atoms with Crippen molar-refractivity contribution >= 4 is 11.8 Å². The zero-order valence-electron chi connectivity index (χ0n) is 9.42. The van der Waals surface area contributed by atoms with Crippen molar-refractivity contribution in [2.24, 2.45) is 0 Å². The van der Waals surface area contributed by atoms with Crippen LogP contribution in [0, 0.1) is 11.6 Å². The van der Waals surface area contributed by atoms with E-state index in [1.54, 1.807) is 30.0 Å². The van der Waals surface area contributed by atoms with Gasteiger partial charge < -0.3 is 12.4 Å². The van der Waals surface area contributed by atoms with Gasteiger partial charge in [0.1, 0.15) is 11.6 Å². The normalized spacial score (nSPS) is 11.7. The Kier molecular flexibility index (Phi) is 3.93. The van der Waals surface area contributed by atoms with Crippen molar-refractivity contribution in [2.45, 2.75) is 17.1 Å². The fraction of sp³-hybridized carbons (Fsp3) is 0.143. The van der Waals surface area contributed by atoms with Crippen LogP contribution in [0.3, 0.4) is 0 Å². The average molecular weight is 284 g/mol. The minimum atomic E-state index is -0.178. The molecule has 18 heavy (non-hydrogen) atoms. The van der Waals surface area contributed by atoms with Crippen LogP contribution < -0.4 is 12.4 Å². The molecule has 2 aromatic carbocycles. The highest BCUT2D eigenvalue weighted by atomic mass is 35.5. The fourth-order valence-electron chi connectivity index (χ4n) is 1.85. The summed E-state index contributed by atoms with van der Waals surface area (Å²) in [5.74, 6) is 0.295. The number of benzene rings is 2. The molecule has 0 radical (unpaired) electrons. The first-order valence-electron chi connectivity index (χ1n) is 5.42. The van der Waals surface area contributed by atoms with Crippen LogP contribution in [0.2, 0.25) is 0 Å². The lowest BCUT2D eigenvalue weighted by Crippen LogP contribution is -3.00. The Labute approximate surface area is 115 Å². The van der Waals surface area contributed by atoms with Crippen LogP contribution in [0.4, 0.5) is 8.78 Å². The highest BCUT2D eigenvalue weighted by molar-refractivity contribution is 7.98. The third-order valence-electron chi connectivity index (χ3n) is 2.90.